The molecule has 0 bridgehead atoms. The number of carbonyl (C=O) groups excluding carboxylic acids is 1. The van der Waals surface area contributed by atoms with E-state index >= 15 is 0 Å². The number of morpholine rings is 1. The van der Waals surface area contributed by atoms with Crippen LogP contribution >= 0.6 is 0 Å². The van der Waals surface area contributed by atoms with Gasteiger partial charge in [0, 0.05) is 31.0 Å². The second-order valence-corrected chi connectivity index (χ2v) is 6.59. The van der Waals surface area contributed by atoms with Gasteiger partial charge in [-0.3, -0.25) is 4.79 Å². The molecule has 7 nitrogen and oxygen atoms in total. The Kier molecular flexibility index (Phi) is 5.33. The number of halogens is 1. The van der Waals surface area contributed by atoms with Crippen LogP contribution in [0.1, 0.15) is 27.6 Å². The number of carbonyl (C=O) groups is 1. The lowest BCUT2D eigenvalue weighted by atomic mass is 10.1. The molecule has 4 rings (SSSR count). The van der Waals surface area contributed by atoms with Gasteiger partial charge in [-0.05, 0) is 29.8 Å². The smallest absolute Gasteiger partial charge is 0.258 e. The highest BCUT2D eigenvalue weighted by molar-refractivity contribution is 6.04. The highest BCUT2D eigenvalue weighted by atomic mass is 19.1. The normalized spacial score (nSPS) is 16.2. The minimum Gasteiger partial charge on any atom is -0.371 e. The summed E-state index contributed by atoms with van der Waals surface area (Å²) in [5.74, 6) is -0.961. The second kappa shape index (κ2) is 8.22. The first-order valence-corrected chi connectivity index (χ1v) is 9.12. The molecule has 0 radical (unpaired) electrons. The molecule has 0 unspecified atom stereocenters. The summed E-state index contributed by atoms with van der Waals surface area (Å²) in [6, 6.07) is 13.4. The van der Waals surface area contributed by atoms with Gasteiger partial charge in [-0.25, -0.2) is 9.07 Å². The Morgan fingerprint density at radius 3 is 2.83 bits per heavy atom. The standard InChI is InChI=1S/C21H18FN5O2/c22-19-9-18(6-3-15(19)10-23)27-13-16(11-25-27)21(28)26-17-4-1-14(2-5-17)20-12-24-7-8-29-20/h1-6,9,11,13,20,24H,7-8,12H2,(H,26,28)/t20-/m1/s1. The molecule has 1 saturated heterocycles. The molecule has 29 heavy (non-hydrogen) atoms. The minimum atomic E-state index is -0.635. The van der Waals surface area contributed by atoms with E-state index in [1.54, 1.807) is 12.1 Å². The maximum absolute atomic E-state index is 13.8. The van der Waals surface area contributed by atoms with E-state index in [1.165, 1.54) is 29.2 Å². The fraction of sp³-hybridized carbons (Fsp3) is 0.190. The van der Waals surface area contributed by atoms with Crippen molar-refractivity contribution in [3.63, 3.8) is 0 Å². The third-order valence-electron chi connectivity index (χ3n) is 4.65. The molecule has 0 saturated carbocycles. The zero-order chi connectivity index (χ0) is 20.2. The number of hydrogen-bond acceptors (Lipinski definition) is 5. The average molecular weight is 391 g/mol. The van der Waals surface area contributed by atoms with Crippen LogP contribution in [-0.2, 0) is 4.74 Å². The van der Waals surface area contributed by atoms with Gasteiger partial charge in [0.25, 0.3) is 5.91 Å². The Bertz CT molecular complexity index is 1070. The molecular weight excluding hydrogens is 373 g/mol. The van der Waals surface area contributed by atoms with Gasteiger partial charge < -0.3 is 15.4 Å². The van der Waals surface area contributed by atoms with Crippen LogP contribution in [0.25, 0.3) is 5.69 Å². The summed E-state index contributed by atoms with van der Waals surface area (Å²) in [7, 11) is 0. The number of nitrogens with one attached hydrogen (secondary N) is 2. The van der Waals surface area contributed by atoms with E-state index in [1.807, 2.05) is 24.3 Å². The van der Waals surface area contributed by atoms with E-state index in [0.29, 0.717) is 23.5 Å². The van der Waals surface area contributed by atoms with Crippen molar-refractivity contribution in [3.8, 4) is 11.8 Å². The molecule has 2 N–H and O–H groups in total. The molecule has 0 spiro atoms. The second-order valence-electron chi connectivity index (χ2n) is 6.59. The summed E-state index contributed by atoms with van der Waals surface area (Å²) in [5.41, 5.74) is 2.41. The van der Waals surface area contributed by atoms with Crippen molar-refractivity contribution in [1.82, 2.24) is 15.1 Å². The number of ether oxygens (including phenoxy) is 1. The minimum absolute atomic E-state index is 0.0135. The van der Waals surface area contributed by atoms with Gasteiger partial charge in [-0.2, -0.15) is 10.4 Å². The summed E-state index contributed by atoms with van der Waals surface area (Å²) in [4.78, 5) is 12.5. The first-order chi connectivity index (χ1) is 14.1. The van der Waals surface area contributed by atoms with Gasteiger partial charge in [0.2, 0.25) is 0 Å². The Morgan fingerprint density at radius 2 is 2.14 bits per heavy atom. The number of nitriles is 1. The Morgan fingerprint density at radius 1 is 1.31 bits per heavy atom. The van der Waals surface area contributed by atoms with E-state index in [-0.39, 0.29) is 17.6 Å². The molecule has 146 valence electrons. The van der Waals surface area contributed by atoms with Crippen LogP contribution in [0.2, 0.25) is 0 Å². The topological polar surface area (TPSA) is 92.0 Å². The van der Waals surface area contributed by atoms with Crippen LogP contribution in [0.5, 0.6) is 0 Å². The fourth-order valence-electron chi connectivity index (χ4n) is 3.08. The van der Waals surface area contributed by atoms with E-state index in [9.17, 15) is 9.18 Å². The summed E-state index contributed by atoms with van der Waals surface area (Å²) in [5, 5.41) is 19.0. The number of benzene rings is 2. The molecule has 1 aromatic heterocycles. The number of hydrogen-bond donors (Lipinski definition) is 2. The van der Waals surface area contributed by atoms with Crippen LogP contribution < -0.4 is 10.6 Å². The number of rotatable bonds is 4. The van der Waals surface area contributed by atoms with Crippen LogP contribution in [0.3, 0.4) is 0 Å². The summed E-state index contributed by atoms with van der Waals surface area (Å²) in [6.45, 7) is 2.30. The Hall–Kier alpha value is -3.54. The predicted octanol–water partition coefficient (Wildman–Crippen LogP) is 2.80. The molecule has 8 heteroatoms. The zero-order valence-corrected chi connectivity index (χ0v) is 15.4. The maximum Gasteiger partial charge on any atom is 0.258 e. The first kappa shape index (κ1) is 18.8. The monoisotopic (exact) mass is 391 g/mol. The number of amides is 1. The summed E-state index contributed by atoms with van der Waals surface area (Å²) >= 11 is 0. The van der Waals surface area contributed by atoms with E-state index in [4.69, 9.17) is 10.00 Å². The van der Waals surface area contributed by atoms with Crippen LogP contribution in [-0.4, -0.2) is 35.4 Å². The van der Waals surface area contributed by atoms with Crippen molar-refractivity contribution in [3.05, 3.63) is 77.4 Å². The maximum atomic E-state index is 13.8. The molecule has 3 aromatic rings. The lowest BCUT2D eigenvalue weighted by molar-refractivity contribution is 0.0277. The summed E-state index contributed by atoms with van der Waals surface area (Å²) < 4.78 is 20.9. The largest absolute Gasteiger partial charge is 0.371 e. The number of aromatic nitrogens is 2. The zero-order valence-electron chi connectivity index (χ0n) is 15.4. The van der Waals surface area contributed by atoms with Gasteiger partial charge >= 0.3 is 0 Å². The van der Waals surface area contributed by atoms with Crippen LogP contribution in [0.4, 0.5) is 10.1 Å². The van der Waals surface area contributed by atoms with Gasteiger partial charge in [-0.1, -0.05) is 12.1 Å². The summed E-state index contributed by atoms with van der Waals surface area (Å²) in [6.07, 6.45) is 2.92. The average Bonchev–Trinajstić information content (AvgIpc) is 3.25. The van der Waals surface area contributed by atoms with Gasteiger partial charge in [0.15, 0.2) is 0 Å². The quantitative estimate of drug-likeness (QED) is 0.714. The van der Waals surface area contributed by atoms with Crippen molar-refractivity contribution in [2.24, 2.45) is 0 Å². The number of anilines is 1. The molecule has 1 amide bonds. The van der Waals surface area contributed by atoms with Crippen LogP contribution in [0.15, 0.2) is 54.9 Å². The van der Waals surface area contributed by atoms with E-state index < -0.39 is 5.82 Å². The van der Waals surface area contributed by atoms with E-state index in [2.05, 4.69) is 15.7 Å². The van der Waals surface area contributed by atoms with Gasteiger partial charge in [0.05, 0.1) is 35.7 Å². The molecule has 2 aromatic carbocycles. The van der Waals surface area contributed by atoms with Gasteiger partial charge in [-0.15, -0.1) is 0 Å². The molecule has 1 aliphatic heterocycles. The molecule has 1 atom stereocenters. The first-order valence-electron chi connectivity index (χ1n) is 9.12. The van der Waals surface area contributed by atoms with Crippen molar-refractivity contribution in [2.45, 2.75) is 6.10 Å². The lowest BCUT2D eigenvalue weighted by Gasteiger charge is -2.24. The SMILES string of the molecule is N#Cc1ccc(-n2cc(C(=O)Nc3ccc([C@H]4CNCCO4)cc3)cn2)cc1F. The van der Waals surface area contributed by atoms with Crippen molar-refractivity contribution >= 4 is 11.6 Å². The number of nitrogens with zero attached hydrogens (tertiary/aromatic N) is 3. The third-order valence-corrected chi connectivity index (χ3v) is 4.65. The lowest BCUT2D eigenvalue weighted by Crippen LogP contribution is -2.33. The van der Waals surface area contributed by atoms with Crippen molar-refractivity contribution in [1.29, 1.82) is 5.26 Å². The van der Waals surface area contributed by atoms with Crippen molar-refractivity contribution in [2.75, 3.05) is 25.0 Å². The van der Waals surface area contributed by atoms with Crippen molar-refractivity contribution < 1.29 is 13.9 Å². The highest BCUT2D eigenvalue weighted by Gasteiger charge is 2.16. The fourth-order valence-corrected chi connectivity index (χ4v) is 3.08. The van der Waals surface area contributed by atoms with Gasteiger partial charge in [0.1, 0.15) is 11.9 Å². The Labute approximate surface area is 166 Å². The predicted molar refractivity (Wildman–Crippen MR) is 104 cm³/mol. The molecule has 2 heterocycles. The highest BCUT2D eigenvalue weighted by Crippen LogP contribution is 2.21. The van der Waals surface area contributed by atoms with Crippen LogP contribution in [0, 0.1) is 17.1 Å². The molecule has 1 aliphatic rings. The van der Waals surface area contributed by atoms with E-state index in [0.717, 1.165) is 18.7 Å². The third kappa shape index (κ3) is 4.16. The molecular formula is C21H18FN5O2. The molecule has 1 fully saturated rings. The molecule has 0 aliphatic carbocycles. The Balaban J connectivity index is 1.44.